The van der Waals surface area contributed by atoms with Gasteiger partial charge in [0.05, 0.1) is 22.3 Å². The number of urea groups is 1. The molecule has 3 fully saturated rings. The number of amides is 3. The van der Waals surface area contributed by atoms with Crippen LogP contribution in [0, 0.1) is 0 Å². The predicted molar refractivity (Wildman–Crippen MR) is 172 cm³/mol. The first-order chi connectivity index (χ1) is 21.3. The van der Waals surface area contributed by atoms with E-state index in [9.17, 15) is 14.4 Å². The van der Waals surface area contributed by atoms with E-state index in [1.807, 2.05) is 10.3 Å². The topological polar surface area (TPSA) is 88.7 Å². The molecule has 5 heterocycles. The Balaban J connectivity index is 1.23. The zero-order chi connectivity index (χ0) is 30.8. The number of nitrogens with one attached hydrogen (secondary N) is 1. The van der Waals surface area contributed by atoms with E-state index in [1.54, 1.807) is 34.4 Å². The summed E-state index contributed by atoms with van der Waals surface area (Å²) >= 11 is 13.8. The second-order valence-corrected chi connectivity index (χ2v) is 13.9. The van der Waals surface area contributed by atoms with Gasteiger partial charge in [-0.1, -0.05) is 29.3 Å². The van der Waals surface area contributed by atoms with E-state index in [0.29, 0.717) is 42.0 Å². The number of rotatable bonds is 7. The second-order valence-electron chi connectivity index (χ2n) is 12.4. The molecule has 13 heteroatoms. The Morgan fingerprint density at radius 2 is 1.80 bits per heavy atom. The molecule has 3 amide bonds. The van der Waals surface area contributed by atoms with Crippen LogP contribution in [0.1, 0.15) is 43.2 Å². The number of carbonyl (C=O) groups excluding carboxylic acids is 3. The van der Waals surface area contributed by atoms with Gasteiger partial charge in [-0.25, -0.2) is 9.59 Å². The zero-order valence-electron chi connectivity index (χ0n) is 25.1. The second kappa shape index (κ2) is 13.5. The third kappa shape index (κ3) is 6.45. The van der Waals surface area contributed by atoms with Crippen molar-refractivity contribution in [2.24, 2.45) is 0 Å². The van der Waals surface area contributed by atoms with E-state index >= 15 is 0 Å². The first kappa shape index (κ1) is 31.6. The summed E-state index contributed by atoms with van der Waals surface area (Å²) in [5.41, 5.74) is 1.78. The highest BCUT2D eigenvalue weighted by Crippen LogP contribution is 2.41. The number of thiophene rings is 1. The van der Waals surface area contributed by atoms with Gasteiger partial charge in [0.2, 0.25) is 0 Å². The number of hydrogen-bond acceptors (Lipinski definition) is 8. The summed E-state index contributed by atoms with van der Waals surface area (Å²) in [7, 11) is 2.17. The van der Waals surface area contributed by atoms with Gasteiger partial charge in [-0.05, 0) is 49.4 Å². The number of piperazine rings is 1. The Morgan fingerprint density at radius 3 is 2.52 bits per heavy atom. The number of anilines is 1. The lowest BCUT2D eigenvalue weighted by molar-refractivity contribution is -0.129. The van der Waals surface area contributed by atoms with Gasteiger partial charge < -0.3 is 24.6 Å². The van der Waals surface area contributed by atoms with E-state index in [4.69, 9.17) is 27.9 Å². The van der Waals surface area contributed by atoms with Gasteiger partial charge in [-0.3, -0.25) is 14.7 Å². The maximum atomic E-state index is 13.9. The molecule has 10 nitrogen and oxygen atoms in total. The number of likely N-dealkylation sites (N-methyl/N-ethyl adjacent to an activating group) is 1. The zero-order valence-corrected chi connectivity index (χ0v) is 27.4. The van der Waals surface area contributed by atoms with E-state index < -0.39 is 11.8 Å². The van der Waals surface area contributed by atoms with Crippen molar-refractivity contribution in [2.75, 3.05) is 58.2 Å². The van der Waals surface area contributed by atoms with Crippen LogP contribution >= 0.6 is 34.5 Å². The van der Waals surface area contributed by atoms with Crippen LogP contribution in [-0.2, 0) is 22.7 Å². The van der Waals surface area contributed by atoms with Crippen molar-refractivity contribution in [2.45, 2.75) is 63.0 Å². The lowest BCUT2D eigenvalue weighted by Gasteiger charge is -2.57. The fourth-order valence-electron chi connectivity index (χ4n) is 7.34. The number of ether oxygens (including phenoxy) is 1. The van der Waals surface area contributed by atoms with Gasteiger partial charge in [0.1, 0.15) is 18.6 Å². The summed E-state index contributed by atoms with van der Waals surface area (Å²) in [6, 6.07) is 5.36. The highest BCUT2D eigenvalue weighted by Gasteiger charge is 2.52. The monoisotopic (exact) mass is 662 g/mol. The number of nitrogens with zero attached hydrogens (tertiary/aromatic N) is 5. The first-order valence-electron chi connectivity index (χ1n) is 15.4. The van der Waals surface area contributed by atoms with Crippen LogP contribution in [0.25, 0.3) is 0 Å². The Kier molecular flexibility index (Phi) is 9.70. The molecule has 1 aromatic carbocycles. The highest BCUT2D eigenvalue weighted by atomic mass is 35.5. The van der Waals surface area contributed by atoms with Crippen molar-refractivity contribution < 1.29 is 19.1 Å². The van der Waals surface area contributed by atoms with Gasteiger partial charge in [0, 0.05) is 81.7 Å². The molecule has 238 valence electrons. The fourth-order valence-corrected chi connectivity index (χ4v) is 8.44. The normalized spacial score (nSPS) is 25.9. The van der Waals surface area contributed by atoms with E-state index in [2.05, 4.69) is 32.4 Å². The summed E-state index contributed by atoms with van der Waals surface area (Å²) in [6.45, 7) is 6.70. The number of carbonyl (C=O) groups is 3. The molecule has 0 saturated carbocycles. The van der Waals surface area contributed by atoms with E-state index in [-0.39, 0.29) is 25.1 Å². The average molecular weight is 664 g/mol. The number of likely N-dealkylation sites (tertiary alicyclic amines) is 2. The van der Waals surface area contributed by atoms with Crippen LogP contribution in [0.5, 0.6) is 0 Å². The third-order valence-electron chi connectivity index (χ3n) is 9.86. The summed E-state index contributed by atoms with van der Waals surface area (Å²) < 4.78 is 5.86. The standard InChI is InChI=1S/C31H40Cl2N6O4S/c1-35-11-13-36(14-12-35)24-4-8-37(9-5-24)31(7-15-40)17-25(38-18-23-20-44-21-28(23)34-29(38)41)6-10-39(31)30(42)43-19-22-2-3-26(32)27(33)16-22/h2-3,15-16,20-21,24-25H,4-14,17-19H2,1H3,(H,34,41)/t25-,31+/m1/s1. The lowest BCUT2D eigenvalue weighted by Crippen LogP contribution is -2.70. The summed E-state index contributed by atoms with van der Waals surface area (Å²) in [5, 5.41) is 7.89. The minimum atomic E-state index is -0.901. The lowest BCUT2D eigenvalue weighted by atomic mass is 9.84. The summed E-state index contributed by atoms with van der Waals surface area (Å²) in [5.74, 6) is 0. The van der Waals surface area contributed by atoms with Gasteiger partial charge in [-0.15, -0.1) is 11.3 Å². The smallest absolute Gasteiger partial charge is 0.411 e. The van der Waals surface area contributed by atoms with Crippen molar-refractivity contribution >= 4 is 58.6 Å². The van der Waals surface area contributed by atoms with Crippen LogP contribution in [0.4, 0.5) is 15.3 Å². The van der Waals surface area contributed by atoms with Gasteiger partial charge in [0.15, 0.2) is 0 Å². The summed E-state index contributed by atoms with van der Waals surface area (Å²) in [6.07, 6.45) is 3.58. The number of aldehydes is 1. The maximum Gasteiger partial charge on any atom is 0.411 e. The molecule has 0 aliphatic carbocycles. The molecule has 4 aliphatic rings. The maximum absolute atomic E-state index is 13.9. The molecule has 4 aliphatic heterocycles. The molecule has 0 spiro atoms. The SMILES string of the molecule is CN1CCN(C2CCN([C@]3(CC=O)C[C@H](N4Cc5cscc5NC4=O)CCN3C(=O)OCc3ccc(Cl)c(Cl)c3)CC2)CC1. The van der Waals surface area contributed by atoms with Gasteiger partial charge in [-0.2, -0.15) is 0 Å². The minimum Gasteiger partial charge on any atom is -0.444 e. The molecule has 0 radical (unpaired) electrons. The molecule has 2 atom stereocenters. The number of piperidine rings is 2. The number of fused-ring (bicyclic) bond motifs is 1. The van der Waals surface area contributed by atoms with Crippen molar-refractivity contribution in [1.29, 1.82) is 0 Å². The van der Waals surface area contributed by atoms with Crippen molar-refractivity contribution in [3.8, 4) is 0 Å². The molecular weight excluding hydrogens is 623 g/mol. The molecule has 44 heavy (non-hydrogen) atoms. The van der Waals surface area contributed by atoms with Gasteiger partial charge in [0.25, 0.3) is 0 Å². The Hall–Kier alpha value is -2.41. The van der Waals surface area contributed by atoms with Crippen LogP contribution in [0.15, 0.2) is 29.0 Å². The first-order valence-corrected chi connectivity index (χ1v) is 17.1. The molecule has 3 saturated heterocycles. The van der Waals surface area contributed by atoms with Crippen LogP contribution in [-0.4, -0.2) is 114 Å². The minimum absolute atomic E-state index is 0.0355. The Bertz CT molecular complexity index is 1360. The quantitative estimate of drug-likeness (QED) is 0.408. The number of halogens is 2. The fraction of sp³-hybridized carbons (Fsp3) is 0.581. The van der Waals surface area contributed by atoms with E-state index in [1.165, 1.54) is 0 Å². The van der Waals surface area contributed by atoms with Crippen LogP contribution in [0.3, 0.4) is 0 Å². The molecular formula is C31H40Cl2N6O4S. The third-order valence-corrected chi connectivity index (χ3v) is 11.4. The van der Waals surface area contributed by atoms with E-state index in [0.717, 1.165) is 75.2 Å². The molecule has 1 aromatic heterocycles. The Morgan fingerprint density at radius 1 is 1.05 bits per heavy atom. The average Bonchev–Trinajstić information content (AvgIpc) is 3.49. The number of hydrogen-bond donors (Lipinski definition) is 1. The molecule has 6 rings (SSSR count). The number of benzene rings is 1. The van der Waals surface area contributed by atoms with Crippen LogP contribution < -0.4 is 5.32 Å². The van der Waals surface area contributed by atoms with Crippen molar-refractivity contribution in [3.63, 3.8) is 0 Å². The van der Waals surface area contributed by atoms with Crippen molar-refractivity contribution in [3.05, 3.63) is 50.1 Å². The van der Waals surface area contributed by atoms with Crippen LogP contribution in [0.2, 0.25) is 10.0 Å². The molecule has 1 N–H and O–H groups in total. The van der Waals surface area contributed by atoms with Crippen molar-refractivity contribution in [1.82, 2.24) is 24.5 Å². The van der Waals surface area contributed by atoms with Gasteiger partial charge >= 0.3 is 12.1 Å². The molecule has 0 bridgehead atoms. The highest BCUT2D eigenvalue weighted by molar-refractivity contribution is 7.08. The largest absolute Gasteiger partial charge is 0.444 e. The summed E-state index contributed by atoms with van der Waals surface area (Å²) in [4.78, 5) is 50.5. The Labute approximate surface area is 272 Å². The predicted octanol–water partition coefficient (Wildman–Crippen LogP) is 5.20. The molecule has 0 unspecified atom stereocenters. The molecule has 2 aromatic rings.